The van der Waals surface area contributed by atoms with Crippen molar-refractivity contribution in [3.63, 3.8) is 0 Å². The Morgan fingerprint density at radius 1 is 1.12 bits per heavy atom. The number of nitrogens with zero attached hydrogens (tertiary/aromatic N) is 6. The van der Waals surface area contributed by atoms with Crippen LogP contribution in [0.3, 0.4) is 0 Å². The first kappa shape index (κ1) is 32.4. The van der Waals surface area contributed by atoms with E-state index in [2.05, 4.69) is 64.2 Å². The minimum atomic E-state index is -3.69. The Kier molecular flexibility index (Phi) is 8.07. The summed E-state index contributed by atoms with van der Waals surface area (Å²) in [5.74, 6) is 1.74. The molecule has 1 aliphatic carbocycles. The highest BCUT2D eigenvalue weighted by Crippen LogP contribution is 2.51. The summed E-state index contributed by atoms with van der Waals surface area (Å²) >= 11 is 1.49. The second-order valence-electron chi connectivity index (χ2n) is 14.6. The molecule has 1 unspecified atom stereocenters. The van der Waals surface area contributed by atoms with Gasteiger partial charge in [0, 0.05) is 41.8 Å². The Balaban J connectivity index is 1.30. The number of rotatable bonds is 8. The molecule has 5 aromatic heterocycles. The molecule has 13 heteroatoms. The third kappa shape index (κ3) is 5.93. The zero-order valence-corrected chi connectivity index (χ0v) is 30.1. The van der Waals surface area contributed by atoms with E-state index in [1.54, 1.807) is 13.3 Å². The van der Waals surface area contributed by atoms with Gasteiger partial charge in [-0.25, -0.2) is 18.4 Å². The third-order valence-corrected chi connectivity index (χ3v) is 13.3. The van der Waals surface area contributed by atoms with E-state index in [1.165, 1.54) is 16.9 Å². The van der Waals surface area contributed by atoms with E-state index in [9.17, 15) is 8.42 Å². The molecule has 3 atom stereocenters. The van der Waals surface area contributed by atoms with Gasteiger partial charge in [0.15, 0.2) is 9.84 Å². The van der Waals surface area contributed by atoms with Crippen LogP contribution in [0.15, 0.2) is 40.0 Å². The third-order valence-electron chi connectivity index (χ3n) is 10.3. The zero-order valence-electron chi connectivity index (χ0n) is 28.5. The van der Waals surface area contributed by atoms with Crippen LogP contribution in [0.1, 0.15) is 93.9 Å². The first-order valence-electron chi connectivity index (χ1n) is 17.2. The van der Waals surface area contributed by atoms with E-state index in [-0.39, 0.29) is 40.0 Å². The van der Waals surface area contributed by atoms with Gasteiger partial charge in [0.05, 0.1) is 49.5 Å². The van der Waals surface area contributed by atoms with Crippen molar-refractivity contribution in [2.24, 2.45) is 11.8 Å². The Bertz CT molecular complexity index is 2180. The maximum atomic E-state index is 14.2. The second-order valence-corrected chi connectivity index (χ2v) is 17.6. The summed E-state index contributed by atoms with van der Waals surface area (Å²) in [6.45, 7) is 10.9. The highest BCUT2D eigenvalue weighted by Gasteiger charge is 2.43. The second kappa shape index (κ2) is 12.2. The predicted molar refractivity (Wildman–Crippen MR) is 188 cm³/mol. The SMILES string of the molecule is Cc1nnc(-c2c(CCC3CCOC(C)(C)C3)nc3c(c2-c2cc4ncnc(N[C@H]5CCc6ncccc65)c4s2)S(=O)(=O)C[C@H]3C(C)C)o1. The van der Waals surface area contributed by atoms with Crippen LogP contribution in [-0.4, -0.2) is 56.5 Å². The van der Waals surface area contributed by atoms with Crippen LogP contribution in [0.25, 0.3) is 32.1 Å². The highest BCUT2D eigenvalue weighted by molar-refractivity contribution is 7.92. The molecule has 0 aromatic carbocycles. The van der Waals surface area contributed by atoms with E-state index >= 15 is 0 Å². The quantitative estimate of drug-likeness (QED) is 0.174. The number of nitrogens with one attached hydrogen (secondary N) is 1. The number of aryl methyl sites for hydroxylation is 3. The number of aromatic nitrogens is 6. The van der Waals surface area contributed by atoms with Crippen molar-refractivity contribution in [3.8, 4) is 21.9 Å². The summed E-state index contributed by atoms with van der Waals surface area (Å²) < 4.78 is 41.4. The van der Waals surface area contributed by atoms with Gasteiger partial charge in [0.25, 0.3) is 0 Å². The first-order valence-corrected chi connectivity index (χ1v) is 19.6. The van der Waals surface area contributed by atoms with E-state index in [0.717, 1.165) is 65.2 Å². The Morgan fingerprint density at radius 2 is 1.98 bits per heavy atom. The number of sulfone groups is 1. The van der Waals surface area contributed by atoms with Crippen molar-refractivity contribution in [1.82, 2.24) is 30.1 Å². The standard InChI is InChI=1S/C36H41N7O4S2/c1-19(2)23-17-49(44,45)33-30(28-15-27-32(48-28)34(39-18-38-27)41-25-11-10-24-22(25)7-6-13-37-24)29(35-43-42-20(3)47-35)26(40-31(23)33)9-8-21-12-14-46-36(4,5)16-21/h6-7,13,15,18-19,21,23,25H,8-12,14,16-17H2,1-5H3,(H,38,39,41)/t21?,23-,25-/m0/s1. The Morgan fingerprint density at radius 3 is 2.76 bits per heavy atom. The van der Waals surface area contributed by atoms with Crippen LogP contribution in [-0.2, 0) is 27.4 Å². The zero-order chi connectivity index (χ0) is 34.1. The fourth-order valence-corrected chi connectivity index (χ4v) is 11.3. The lowest BCUT2D eigenvalue weighted by molar-refractivity contribution is -0.0734. The van der Waals surface area contributed by atoms with E-state index in [4.69, 9.17) is 14.1 Å². The molecule has 0 spiro atoms. The molecule has 7 heterocycles. The van der Waals surface area contributed by atoms with Crippen LogP contribution in [0.4, 0.5) is 5.82 Å². The molecule has 49 heavy (non-hydrogen) atoms. The molecular formula is C36H41N7O4S2. The Labute approximate surface area is 290 Å². The molecular weight excluding hydrogens is 659 g/mol. The number of hydrogen-bond donors (Lipinski definition) is 1. The van der Waals surface area contributed by atoms with Gasteiger partial charge in [0.2, 0.25) is 11.8 Å². The van der Waals surface area contributed by atoms with Crippen molar-refractivity contribution in [2.45, 2.75) is 95.6 Å². The molecule has 3 aliphatic rings. The van der Waals surface area contributed by atoms with E-state index < -0.39 is 9.84 Å². The number of pyridine rings is 2. The molecule has 256 valence electrons. The van der Waals surface area contributed by atoms with Crippen LogP contribution >= 0.6 is 11.3 Å². The van der Waals surface area contributed by atoms with Gasteiger partial charge in [-0.3, -0.25) is 9.97 Å². The monoisotopic (exact) mass is 699 g/mol. The summed E-state index contributed by atoms with van der Waals surface area (Å²) in [5, 5.41) is 12.3. The topological polar surface area (TPSA) is 146 Å². The summed E-state index contributed by atoms with van der Waals surface area (Å²) in [6.07, 6.45) is 8.68. The number of thiophene rings is 1. The van der Waals surface area contributed by atoms with Crippen molar-refractivity contribution in [3.05, 3.63) is 59.3 Å². The molecule has 1 N–H and O–H groups in total. The molecule has 2 aliphatic heterocycles. The summed E-state index contributed by atoms with van der Waals surface area (Å²) in [6, 6.07) is 6.13. The van der Waals surface area contributed by atoms with Gasteiger partial charge in [0.1, 0.15) is 12.1 Å². The maximum Gasteiger partial charge on any atom is 0.250 e. The average Bonchev–Trinajstić information content (AvgIpc) is 3.84. The fraction of sp³-hybridized carbons (Fsp3) is 0.500. The Hall–Kier alpha value is -3.81. The van der Waals surface area contributed by atoms with Gasteiger partial charge >= 0.3 is 0 Å². The van der Waals surface area contributed by atoms with Crippen molar-refractivity contribution >= 4 is 37.2 Å². The highest BCUT2D eigenvalue weighted by atomic mass is 32.2. The number of hydrogen-bond acceptors (Lipinski definition) is 12. The molecule has 1 saturated heterocycles. The summed E-state index contributed by atoms with van der Waals surface area (Å²) in [7, 11) is -3.69. The van der Waals surface area contributed by atoms with Crippen LogP contribution in [0, 0.1) is 18.8 Å². The summed E-state index contributed by atoms with van der Waals surface area (Å²) in [5.41, 5.74) is 5.46. The lowest BCUT2D eigenvalue weighted by Crippen LogP contribution is -2.34. The number of anilines is 1. The van der Waals surface area contributed by atoms with Crippen LogP contribution in [0.5, 0.6) is 0 Å². The van der Waals surface area contributed by atoms with Gasteiger partial charge < -0.3 is 14.5 Å². The number of fused-ring (bicyclic) bond motifs is 3. The smallest absolute Gasteiger partial charge is 0.250 e. The lowest BCUT2D eigenvalue weighted by Gasteiger charge is -2.35. The van der Waals surface area contributed by atoms with Gasteiger partial charge in [-0.1, -0.05) is 19.9 Å². The molecule has 0 amide bonds. The van der Waals surface area contributed by atoms with E-state index in [1.807, 2.05) is 18.3 Å². The minimum Gasteiger partial charge on any atom is -0.421 e. The lowest BCUT2D eigenvalue weighted by atomic mass is 9.84. The molecule has 0 bridgehead atoms. The molecule has 8 rings (SSSR count). The van der Waals surface area contributed by atoms with Gasteiger partial charge in [-0.2, -0.15) is 0 Å². The molecule has 5 aromatic rings. The molecule has 11 nitrogen and oxygen atoms in total. The normalized spacial score (nSPS) is 22.4. The van der Waals surface area contributed by atoms with Crippen LogP contribution < -0.4 is 5.32 Å². The maximum absolute atomic E-state index is 14.2. The first-order chi connectivity index (χ1) is 23.5. The largest absolute Gasteiger partial charge is 0.421 e. The van der Waals surface area contributed by atoms with Crippen molar-refractivity contribution in [1.29, 1.82) is 0 Å². The molecule has 0 radical (unpaired) electrons. The fourth-order valence-electron chi connectivity index (χ4n) is 7.91. The van der Waals surface area contributed by atoms with E-state index in [0.29, 0.717) is 40.9 Å². The number of ether oxygens (including phenoxy) is 1. The van der Waals surface area contributed by atoms with Crippen molar-refractivity contribution < 1.29 is 17.6 Å². The minimum absolute atomic E-state index is 0.0204. The molecule has 0 saturated carbocycles. The van der Waals surface area contributed by atoms with Crippen molar-refractivity contribution in [2.75, 3.05) is 17.7 Å². The average molecular weight is 700 g/mol. The molecule has 1 fully saturated rings. The van der Waals surface area contributed by atoms with Crippen LogP contribution in [0.2, 0.25) is 0 Å². The van der Waals surface area contributed by atoms with Gasteiger partial charge in [-0.05, 0) is 81.9 Å². The predicted octanol–water partition coefficient (Wildman–Crippen LogP) is 7.27. The van der Waals surface area contributed by atoms with Gasteiger partial charge in [-0.15, -0.1) is 21.5 Å². The summed E-state index contributed by atoms with van der Waals surface area (Å²) in [4.78, 5) is 20.1.